The monoisotopic (exact) mass is 383 g/mol. The van der Waals surface area contributed by atoms with Crippen LogP contribution in [-0.4, -0.2) is 72.1 Å². The molecule has 2 rings (SSSR count). The van der Waals surface area contributed by atoms with Crippen molar-refractivity contribution in [3.63, 3.8) is 0 Å². The van der Waals surface area contributed by atoms with Crippen molar-refractivity contribution in [2.24, 2.45) is 17.8 Å². The first-order valence-electron chi connectivity index (χ1n) is 10.6. The second-order valence-electron chi connectivity index (χ2n) is 8.96. The number of likely N-dealkylation sites (tertiary alicyclic amines) is 1. The fraction of sp³-hybridized carbons (Fsp3) is 0.905. The van der Waals surface area contributed by atoms with Crippen LogP contribution in [0.4, 0.5) is 0 Å². The first-order valence-corrected chi connectivity index (χ1v) is 10.6. The molecule has 0 aromatic rings. The maximum absolute atomic E-state index is 12.5. The molecule has 2 amide bonds. The summed E-state index contributed by atoms with van der Waals surface area (Å²) in [6.07, 6.45) is 3.56. The molecule has 2 saturated heterocycles. The van der Waals surface area contributed by atoms with E-state index >= 15 is 0 Å². The van der Waals surface area contributed by atoms with E-state index in [1.807, 2.05) is 4.90 Å². The number of carbonyl (C=O) groups is 2. The van der Waals surface area contributed by atoms with Gasteiger partial charge in [-0.15, -0.1) is 0 Å². The highest BCUT2D eigenvalue weighted by Gasteiger charge is 2.31. The molecule has 2 N–H and O–H groups in total. The number of amides is 2. The van der Waals surface area contributed by atoms with E-state index < -0.39 is 0 Å². The highest BCUT2D eigenvalue weighted by Crippen LogP contribution is 2.20. The fourth-order valence-corrected chi connectivity index (χ4v) is 3.52. The van der Waals surface area contributed by atoms with Gasteiger partial charge in [0.25, 0.3) is 0 Å². The average molecular weight is 384 g/mol. The Kier molecular flexibility index (Phi) is 10.9. The molecule has 6 heteroatoms. The molecule has 0 saturated carbocycles. The fourth-order valence-electron chi connectivity index (χ4n) is 3.52. The number of aliphatic hydroxyl groups excluding tert-OH is 1. The minimum absolute atomic E-state index is 0.0611. The van der Waals surface area contributed by atoms with Crippen molar-refractivity contribution in [2.75, 3.05) is 39.3 Å². The lowest BCUT2D eigenvalue weighted by atomic mass is 9.94. The third-order valence-electron chi connectivity index (χ3n) is 4.92. The van der Waals surface area contributed by atoms with E-state index in [2.05, 4.69) is 39.9 Å². The van der Waals surface area contributed by atoms with Gasteiger partial charge < -0.3 is 20.2 Å². The Morgan fingerprint density at radius 1 is 1.15 bits per heavy atom. The van der Waals surface area contributed by atoms with Crippen molar-refractivity contribution in [2.45, 2.75) is 66.3 Å². The zero-order valence-corrected chi connectivity index (χ0v) is 18.0. The lowest BCUT2D eigenvalue weighted by molar-refractivity contribution is -0.144. The van der Waals surface area contributed by atoms with E-state index in [-0.39, 0.29) is 31.0 Å². The van der Waals surface area contributed by atoms with Gasteiger partial charge in [0.05, 0.1) is 12.6 Å². The summed E-state index contributed by atoms with van der Waals surface area (Å²) in [4.78, 5) is 28.5. The van der Waals surface area contributed by atoms with Gasteiger partial charge in [-0.05, 0) is 43.4 Å². The summed E-state index contributed by atoms with van der Waals surface area (Å²) in [5, 5.41) is 12.3. The number of nitrogens with zero attached hydrogens (tertiary/aromatic N) is 2. The zero-order valence-electron chi connectivity index (χ0n) is 18.0. The zero-order chi connectivity index (χ0) is 20.4. The second kappa shape index (κ2) is 12.3. The van der Waals surface area contributed by atoms with E-state index in [1.54, 1.807) is 4.90 Å². The molecule has 0 bridgehead atoms. The number of aliphatic hydroxyl groups is 1. The summed E-state index contributed by atoms with van der Waals surface area (Å²) in [6, 6.07) is -0.146. The van der Waals surface area contributed by atoms with Crippen LogP contribution in [0.1, 0.15) is 60.3 Å². The smallest absolute Gasteiger partial charge is 0.242 e. The van der Waals surface area contributed by atoms with Gasteiger partial charge in [0.1, 0.15) is 0 Å². The Balaban J connectivity index is 0.000000828. The Bertz CT molecular complexity index is 443. The summed E-state index contributed by atoms with van der Waals surface area (Å²) < 4.78 is 0. The van der Waals surface area contributed by atoms with E-state index in [1.165, 1.54) is 0 Å². The molecule has 1 atom stereocenters. The standard InChI is InChI=1S/C17H31N3O3.C4H10/c1-13(2)11-15-17(23)20(9-6-18-15)12-16(22)19-7-3-14(4-8-19)5-10-21;1-4(2)3/h13-15,18,21H,3-12H2,1-2H3;4H,1-3H3. The Morgan fingerprint density at radius 3 is 2.26 bits per heavy atom. The second-order valence-corrected chi connectivity index (χ2v) is 8.96. The van der Waals surface area contributed by atoms with Crippen LogP contribution in [0.25, 0.3) is 0 Å². The van der Waals surface area contributed by atoms with Crippen molar-refractivity contribution in [3.8, 4) is 0 Å². The molecule has 27 heavy (non-hydrogen) atoms. The average Bonchev–Trinajstić information content (AvgIpc) is 2.58. The lowest BCUT2D eigenvalue weighted by Crippen LogP contribution is -2.57. The number of piperazine rings is 1. The molecule has 2 aliphatic rings. The van der Waals surface area contributed by atoms with Gasteiger partial charge in [0.15, 0.2) is 0 Å². The number of nitrogens with one attached hydrogen (secondary N) is 1. The van der Waals surface area contributed by atoms with Gasteiger partial charge in [-0.3, -0.25) is 9.59 Å². The van der Waals surface area contributed by atoms with Gasteiger partial charge in [0, 0.05) is 32.8 Å². The van der Waals surface area contributed by atoms with E-state index in [4.69, 9.17) is 5.11 Å². The predicted molar refractivity (Wildman–Crippen MR) is 109 cm³/mol. The normalized spacial score (nSPS) is 21.5. The number of carbonyl (C=O) groups excluding carboxylic acids is 2. The summed E-state index contributed by atoms with van der Waals surface area (Å²) in [7, 11) is 0. The SMILES string of the molecule is CC(C)C.CC(C)CC1NCCN(CC(=O)N2CCC(CCO)CC2)C1=O. The third kappa shape index (κ3) is 9.06. The highest BCUT2D eigenvalue weighted by molar-refractivity contribution is 5.88. The number of hydrogen-bond acceptors (Lipinski definition) is 4. The summed E-state index contributed by atoms with van der Waals surface area (Å²) >= 11 is 0. The van der Waals surface area contributed by atoms with Crippen molar-refractivity contribution in [1.82, 2.24) is 15.1 Å². The molecular formula is C21H41N3O3. The molecule has 6 nitrogen and oxygen atoms in total. The maximum Gasteiger partial charge on any atom is 0.242 e. The molecule has 1 unspecified atom stereocenters. The third-order valence-corrected chi connectivity index (χ3v) is 4.92. The van der Waals surface area contributed by atoms with Gasteiger partial charge in [0.2, 0.25) is 11.8 Å². The predicted octanol–water partition coefficient (Wildman–Crippen LogP) is 2.12. The Hall–Kier alpha value is -1.14. The molecule has 0 aromatic heterocycles. The van der Waals surface area contributed by atoms with Crippen molar-refractivity contribution >= 4 is 11.8 Å². The molecule has 0 spiro atoms. The number of rotatable bonds is 6. The van der Waals surface area contributed by atoms with Crippen LogP contribution in [0.2, 0.25) is 0 Å². The van der Waals surface area contributed by atoms with Crippen molar-refractivity contribution in [3.05, 3.63) is 0 Å². The minimum atomic E-state index is -0.146. The Labute approximate surface area is 165 Å². The van der Waals surface area contributed by atoms with Gasteiger partial charge in [-0.1, -0.05) is 34.6 Å². The largest absolute Gasteiger partial charge is 0.396 e. The van der Waals surface area contributed by atoms with Crippen LogP contribution in [0.5, 0.6) is 0 Å². The summed E-state index contributed by atoms with van der Waals surface area (Å²) in [5.74, 6) is 1.94. The van der Waals surface area contributed by atoms with Crippen LogP contribution >= 0.6 is 0 Å². The van der Waals surface area contributed by atoms with E-state index in [0.29, 0.717) is 18.4 Å². The maximum atomic E-state index is 12.5. The minimum Gasteiger partial charge on any atom is -0.396 e. The van der Waals surface area contributed by atoms with Crippen LogP contribution in [0.3, 0.4) is 0 Å². The molecule has 2 heterocycles. The summed E-state index contributed by atoms with van der Waals surface area (Å²) in [6.45, 7) is 14.0. The van der Waals surface area contributed by atoms with Crippen molar-refractivity contribution < 1.29 is 14.7 Å². The van der Waals surface area contributed by atoms with Crippen LogP contribution < -0.4 is 5.32 Å². The quantitative estimate of drug-likeness (QED) is 0.737. The van der Waals surface area contributed by atoms with Crippen LogP contribution in [-0.2, 0) is 9.59 Å². The molecule has 0 aliphatic carbocycles. The first-order chi connectivity index (χ1) is 12.7. The molecular weight excluding hydrogens is 342 g/mol. The Morgan fingerprint density at radius 2 is 1.74 bits per heavy atom. The molecule has 0 aromatic carbocycles. The topological polar surface area (TPSA) is 72.9 Å². The molecule has 2 aliphatic heterocycles. The molecule has 158 valence electrons. The first kappa shape index (κ1) is 23.9. The van der Waals surface area contributed by atoms with Crippen LogP contribution in [0.15, 0.2) is 0 Å². The number of hydrogen-bond donors (Lipinski definition) is 2. The van der Waals surface area contributed by atoms with E-state index in [0.717, 1.165) is 51.2 Å². The van der Waals surface area contributed by atoms with Gasteiger partial charge >= 0.3 is 0 Å². The highest BCUT2D eigenvalue weighted by atomic mass is 16.3. The molecule has 0 radical (unpaired) electrons. The van der Waals surface area contributed by atoms with Gasteiger partial charge in [-0.2, -0.15) is 0 Å². The van der Waals surface area contributed by atoms with Gasteiger partial charge in [-0.25, -0.2) is 0 Å². The molecule has 2 fully saturated rings. The lowest BCUT2D eigenvalue weighted by Gasteiger charge is -2.36. The van der Waals surface area contributed by atoms with E-state index in [9.17, 15) is 9.59 Å². The number of piperidine rings is 1. The van der Waals surface area contributed by atoms with Crippen LogP contribution in [0, 0.1) is 17.8 Å². The van der Waals surface area contributed by atoms with Crippen molar-refractivity contribution in [1.29, 1.82) is 0 Å². The summed E-state index contributed by atoms with van der Waals surface area (Å²) in [5.41, 5.74) is 0.